The Bertz CT molecular complexity index is 1010. The molecule has 1 fully saturated rings. The fourth-order valence-corrected chi connectivity index (χ4v) is 3.76. The lowest BCUT2D eigenvalue weighted by Crippen LogP contribution is -2.30. The van der Waals surface area contributed by atoms with Crippen LogP contribution in [0, 0.1) is 13.8 Å². The van der Waals surface area contributed by atoms with Gasteiger partial charge in [0.1, 0.15) is 6.33 Å². The highest BCUT2D eigenvalue weighted by Gasteiger charge is 2.33. The van der Waals surface area contributed by atoms with Gasteiger partial charge in [-0.15, -0.1) is 0 Å². The maximum absolute atomic E-state index is 13.3. The molecule has 0 radical (unpaired) electrons. The molecule has 0 saturated carbocycles. The molecule has 28 heavy (non-hydrogen) atoms. The van der Waals surface area contributed by atoms with E-state index in [1.165, 1.54) is 6.33 Å². The quantitative estimate of drug-likeness (QED) is 0.688. The molecule has 0 aliphatic carbocycles. The summed E-state index contributed by atoms with van der Waals surface area (Å²) in [5.41, 5.74) is 3.89. The summed E-state index contributed by atoms with van der Waals surface area (Å²) in [6.07, 6.45) is 3.29. The van der Waals surface area contributed by atoms with E-state index in [0.29, 0.717) is 18.0 Å². The smallest absolute Gasteiger partial charge is 0.254 e. The second-order valence-corrected chi connectivity index (χ2v) is 6.95. The first-order valence-electron chi connectivity index (χ1n) is 9.28. The van der Waals surface area contributed by atoms with Crippen LogP contribution in [-0.2, 0) is 0 Å². The number of aryl methyl sites for hydroxylation is 2. The average Bonchev–Trinajstić information content (AvgIpc) is 3.36. The van der Waals surface area contributed by atoms with Gasteiger partial charge in [0.05, 0.1) is 30.1 Å². The van der Waals surface area contributed by atoms with E-state index >= 15 is 0 Å². The number of benzene rings is 1. The van der Waals surface area contributed by atoms with E-state index in [-0.39, 0.29) is 11.9 Å². The molecular formula is C21H22N4O3. The Kier molecular flexibility index (Phi) is 4.81. The molecule has 0 N–H and O–H groups in total. The summed E-state index contributed by atoms with van der Waals surface area (Å²) < 4.78 is 10.8. The summed E-state index contributed by atoms with van der Waals surface area (Å²) in [6, 6.07) is 9.34. The highest BCUT2D eigenvalue weighted by atomic mass is 16.5. The maximum Gasteiger partial charge on any atom is 0.254 e. The summed E-state index contributed by atoms with van der Waals surface area (Å²) in [7, 11) is 1.58. The van der Waals surface area contributed by atoms with Crippen LogP contribution >= 0.6 is 0 Å². The van der Waals surface area contributed by atoms with Crippen LogP contribution in [0.5, 0.6) is 5.88 Å². The third-order valence-corrected chi connectivity index (χ3v) is 5.08. The minimum absolute atomic E-state index is 0.0214. The maximum atomic E-state index is 13.3. The Morgan fingerprint density at radius 1 is 1.25 bits per heavy atom. The fraction of sp³-hybridized carbons (Fsp3) is 0.333. The molecule has 1 aliphatic rings. The van der Waals surface area contributed by atoms with E-state index in [0.717, 1.165) is 41.1 Å². The molecule has 0 bridgehead atoms. The van der Waals surface area contributed by atoms with Gasteiger partial charge in [-0.3, -0.25) is 4.79 Å². The molecule has 144 valence electrons. The van der Waals surface area contributed by atoms with Crippen LogP contribution in [-0.4, -0.2) is 39.6 Å². The predicted octanol–water partition coefficient (Wildman–Crippen LogP) is 3.73. The molecule has 3 heterocycles. The number of carbonyl (C=O) groups excluding carboxylic acids is 1. The van der Waals surface area contributed by atoms with Gasteiger partial charge in [0, 0.05) is 18.2 Å². The van der Waals surface area contributed by atoms with Gasteiger partial charge in [-0.05, 0) is 44.4 Å². The first kappa shape index (κ1) is 18.2. The van der Waals surface area contributed by atoms with Crippen molar-refractivity contribution in [2.45, 2.75) is 32.7 Å². The SMILES string of the molecule is COc1ncnc(C)c1-c1cccc(C(=O)N2CCCC2c2cc(C)no2)c1. The average molecular weight is 378 g/mol. The van der Waals surface area contributed by atoms with Crippen LogP contribution in [0.4, 0.5) is 0 Å². The molecule has 1 aliphatic heterocycles. The Labute approximate surface area is 163 Å². The molecule has 1 amide bonds. The zero-order valence-electron chi connectivity index (χ0n) is 16.2. The van der Waals surface area contributed by atoms with Gasteiger partial charge in [-0.25, -0.2) is 9.97 Å². The second kappa shape index (κ2) is 7.42. The number of hydrogen-bond donors (Lipinski definition) is 0. The summed E-state index contributed by atoms with van der Waals surface area (Å²) >= 11 is 0. The number of carbonyl (C=O) groups is 1. The number of amides is 1. The monoisotopic (exact) mass is 378 g/mol. The number of hydrogen-bond acceptors (Lipinski definition) is 6. The van der Waals surface area contributed by atoms with E-state index in [2.05, 4.69) is 15.1 Å². The Balaban J connectivity index is 1.67. The van der Waals surface area contributed by atoms with Crippen molar-refractivity contribution < 1.29 is 14.1 Å². The number of likely N-dealkylation sites (tertiary alicyclic amines) is 1. The van der Waals surface area contributed by atoms with Gasteiger partial charge in [0.25, 0.3) is 5.91 Å². The zero-order valence-corrected chi connectivity index (χ0v) is 16.2. The molecule has 4 rings (SSSR count). The first-order chi connectivity index (χ1) is 13.6. The van der Waals surface area contributed by atoms with Gasteiger partial charge in [0.2, 0.25) is 5.88 Å². The van der Waals surface area contributed by atoms with Gasteiger partial charge < -0.3 is 14.2 Å². The minimum atomic E-state index is -0.0753. The number of methoxy groups -OCH3 is 1. The number of rotatable bonds is 4. The topological polar surface area (TPSA) is 81.4 Å². The van der Waals surface area contributed by atoms with Crippen molar-refractivity contribution in [3.05, 3.63) is 59.4 Å². The summed E-state index contributed by atoms with van der Waals surface area (Å²) in [5, 5.41) is 3.97. The van der Waals surface area contributed by atoms with Crippen LogP contribution in [0.25, 0.3) is 11.1 Å². The van der Waals surface area contributed by atoms with Gasteiger partial charge in [-0.1, -0.05) is 17.3 Å². The first-order valence-corrected chi connectivity index (χ1v) is 9.28. The predicted molar refractivity (Wildman–Crippen MR) is 103 cm³/mol. The molecule has 1 atom stereocenters. The van der Waals surface area contributed by atoms with Crippen molar-refractivity contribution in [1.29, 1.82) is 0 Å². The van der Waals surface area contributed by atoms with Crippen molar-refractivity contribution in [2.24, 2.45) is 0 Å². The summed E-state index contributed by atoms with van der Waals surface area (Å²) in [4.78, 5) is 23.6. The van der Waals surface area contributed by atoms with Crippen LogP contribution in [0.3, 0.4) is 0 Å². The Hall–Kier alpha value is -3.22. The van der Waals surface area contributed by atoms with Crippen molar-refractivity contribution in [3.63, 3.8) is 0 Å². The number of ether oxygens (including phenoxy) is 1. The molecule has 1 saturated heterocycles. The van der Waals surface area contributed by atoms with Gasteiger partial charge in [0.15, 0.2) is 5.76 Å². The minimum Gasteiger partial charge on any atom is -0.480 e. The largest absolute Gasteiger partial charge is 0.480 e. The number of aromatic nitrogens is 3. The van der Waals surface area contributed by atoms with E-state index in [9.17, 15) is 4.79 Å². The standard InChI is InChI=1S/C21H22N4O3/c1-13-10-18(28-24-13)17-8-5-9-25(17)21(26)16-7-4-6-15(11-16)19-14(2)22-12-23-20(19)27-3/h4,6-7,10-12,17H,5,8-9H2,1-3H3. The summed E-state index contributed by atoms with van der Waals surface area (Å²) in [6.45, 7) is 4.48. The lowest BCUT2D eigenvalue weighted by Gasteiger charge is -2.23. The van der Waals surface area contributed by atoms with E-state index in [1.54, 1.807) is 7.11 Å². The van der Waals surface area contributed by atoms with Crippen LogP contribution < -0.4 is 4.74 Å². The van der Waals surface area contributed by atoms with Crippen molar-refractivity contribution in [2.75, 3.05) is 13.7 Å². The normalized spacial score (nSPS) is 16.4. The second-order valence-electron chi connectivity index (χ2n) is 6.95. The van der Waals surface area contributed by atoms with Crippen molar-refractivity contribution >= 4 is 5.91 Å². The van der Waals surface area contributed by atoms with Crippen LogP contribution in [0.2, 0.25) is 0 Å². The Morgan fingerprint density at radius 3 is 2.86 bits per heavy atom. The van der Waals surface area contributed by atoms with Crippen LogP contribution in [0.1, 0.15) is 46.4 Å². The Morgan fingerprint density at radius 2 is 2.11 bits per heavy atom. The molecule has 7 nitrogen and oxygen atoms in total. The molecular weight excluding hydrogens is 356 g/mol. The highest BCUT2D eigenvalue weighted by molar-refractivity contribution is 5.96. The third kappa shape index (κ3) is 3.24. The fourth-order valence-electron chi connectivity index (χ4n) is 3.76. The van der Waals surface area contributed by atoms with Gasteiger partial charge >= 0.3 is 0 Å². The van der Waals surface area contributed by atoms with Crippen molar-refractivity contribution in [1.82, 2.24) is 20.0 Å². The third-order valence-electron chi connectivity index (χ3n) is 5.08. The van der Waals surface area contributed by atoms with E-state index in [4.69, 9.17) is 9.26 Å². The molecule has 1 unspecified atom stereocenters. The zero-order chi connectivity index (χ0) is 19.7. The summed E-state index contributed by atoms with van der Waals surface area (Å²) in [5.74, 6) is 1.22. The molecule has 1 aromatic carbocycles. The lowest BCUT2D eigenvalue weighted by atomic mass is 10.0. The molecule has 7 heteroatoms. The van der Waals surface area contributed by atoms with E-state index < -0.39 is 0 Å². The van der Waals surface area contributed by atoms with Crippen molar-refractivity contribution in [3.8, 4) is 17.0 Å². The highest BCUT2D eigenvalue weighted by Crippen LogP contribution is 2.35. The lowest BCUT2D eigenvalue weighted by molar-refractivity contribution is 0.0714. The molecule has 2 aromatic heterocycles. The van der Waals surface area contributed by atoms with Gasteiger partial charge in [-0.2, -0.15) is 0 Å². The molecule has 0 spiro atoms. The number of nitrogens with zero attached hydrogens (tertiary/aromatic N) is 4. The molecule has 3 aromatic rings. The van der Waals surface area contributed by atoms with E-state index in [1.807, 2.05) is 49.1 Å². The van der Waals surface area contributed by atoms with Crippen LogP contribution in [0.15, 0.2) is 41.2 Å².